The van der Waals surface area contributed by atoms with Gasteiger partial charge < -0.3 is 33.7 Å². The van der Waals surface area contributed by atoms with Gasteiger partial charge in [0.05, 0.1) is 48.5 Å². The van der Waals surface area contributed by atoms with E-state index >= 15 is 4.79 Å². The van der Waals surface area contributed by atoms with Crippen LogP contribution in [0.4, 0.5) is 0 Å². The van der Waals surface area contributed by atoms with Crippen molar-refractivity contribution in [2.45, 2.75) is 161 Å². The SMILES string of the molecule is CO[C@@H](C)c1ncc(C2CCN(C3CC3)CC2)cc1-c1c2c3cc(ccc3n1CCOC1CCOCC1)-c1csc(n1)[C@@H](N1CC3(CCC3)C1)[C@H](NC(=O)C1[C@@H](C)[C@H]1C)C(=O)N1CCC[C@H](N1)C(=O)OCC(C)(C)C2. The quantitative estimate of drug-likeness (QED) is 0.131. The summed E-state index contributed by atoms with van der Waals surface area (Å²) in [5.74, 6) is 0.00439. The molecule has 1 aromatic carbocycles. The topological polar surface area (TPSA) is 153 Å². The van der Waals surface area contributed by atoms with E-state index in [1.54, 1.807) is 23.5 Å². The molecule has 2 amide bonds. The number of hydrogen-bond acceptors (Lipinski definition) is 13. The van der Waals surface area contributed by atoms with E-state index in [9.17, 15) is 9.59 Å². The van der Waals surface area contributed by atoms with Crippen LogP contribution in [0.1, 0.15) is 145 Å². The third-order valence-corrected chi connectivity index (χ3v) is 19.9. The molecule has 0 radical (unpaired) electrons. The number of methoxy groups -OCH3 is 1. The second kappa shape index (κ2) is 20.8. The number of carbonyl (C=O) groups is 3. The Bertz CT molecular complexity index is 2750. The normalized spacial score (nSPS) is 29.1. The number of carbonyl (C=O) groups excluding carboxylic acids is 3. The lowest BCUT2D eigenvalue weighted by Gasteiger charge is -2.58. The number of aromatic nitrogens is 3. The Hall–Kier alpha value is -4.29. The van der Waals surface area contributed by atoms with Crippen LogP contribution >= 0.6 is 11.3 Å². The van der Waals surface area contributed by atoms with Crippen molar-refractivity contribution in [3.63, 3.8) is 0 Å². The fraction of sp³-hybridized carbons (Fsp3) is 0.678. The highest BCUT2D eigenvalue weighted by molar-refractivity contribution is 7.10. The first-order chi connectivity index (χ1) is 36.3. The summed E-state index contributed by atoms with van der Waals surface area (Å²) in [4.78, 5) is 59.7. The van der Waals surface area contributed by atoms with Gasteiger partial charge in [-0.1, -0.05) is 40.2 Å². The molecule has 15 nitrogen and oxygen atoms in total. The standard InChI is InChI=1S/C59H80N8O7S/c1-35-36(2)49(35)54(68)62-51-53(65-32-59(33-65)18-8-19-59)55-61-47(31-75-55)39-10-13-48-43(27-39)45(29-58(4,5)34-74-57(70)46-9-7-20-67(63-46)56(51)69)52(66(48)23-26-73-42-16-24-72-25-17-42)44-28-40(30-60-50(44)37(3)71-6)38-14-21-64(22-15-38)41-11-12-41/h10,13,27-28,30-31,35-38,41-42,46,49,51,53,63H,7-9,11-12,14-26,29,32-34H2,1-6H3,(H,62,68)/t35-,36+,37-,46-,49?,51-,53-/m0/s1. The molecule has 7 fully saturated rings. The van der Waals surface area contributed by atoms with Crippen molar-refractivity contribution in [2.24, 2.45) is 28.6 Å². The van der Waals surface area contributed by atoms with Gasteiger partial charge >= 0.3 is 5.97 Å². The van der Waals surface area contributed by atoms with Crippen molar-refractivity contribution in [2.75, 3.05) is 66.3 Å². The van der Waals surface area contributed by atoms with Gasteiger partial charge in [0.2, 0.25) is 5.91 Å². The highest BCUT2D eigenvalue weighted by Crippen LogP contribution is 2.52. The zero-order valence-electron chi connectivity index (χ0n) is 45.2. The first kappa shape index (κ1) is 51.5. The van der Waals surface area contributed by atoms with Crippen LogP contribution in [0.2, 0.25) is 0 Å². The van der Waals surface area contributed by atoms with E-state index in [0.717, 1.165) is 108 Å². The minimum Gasteiger partial charge on any atom is -0.464 e. The molecular weight excluding hydrogens is 965 g/mol. The van der Waals surface area contributed by atoms with Gasteiger partial charge in [-0.05, 0) is 143 Å². The van der Waals surface area contributed by atoms with Crippen LogP contribution in [0.15, 0.2) is 35.8 Å². The molecule has 5 aliphatic heterocycles. The second-order valence-corrected chi connectivity index (χ2v) is 25.7. The Labute approximate surface area is 447 Å². The van der Waals surface area contributed by atoms with E-state index in [1.807, 2.05) is 0 Å². The van der Waals surface area contributed by atoms with Gasteiger partial charge in [-0.3, -0.25) is 29.3 Å². The lowest BCUT2D eigenvalue weighted by molar-refractivity contribution is -0.157. The predicted octanol–water partition coefficient (Wildman–Crippen LogP) is 8.61. The number of esters is 1. The van der Waals surface area contributed by atoms with Crippen molar-refractivity contribution in [1.29, 1.82) is 0 Å². The van der Waals surface area contributed by atoms with E-state index in [-0.39, 0.29) is 59.8 Å². The molecule has 1 unspecified atom stereocenters. The van der Waals surface area contributed by atoms with E-state index in [1.165, 1.54) is 37.7 Å². The number of likely N-dealkylation sites (tertiary alicyclic amines) is 2. The number of nitrogens with zero attached hydrogens (tertiary/aromatic N) is 6. The Balaban J connectivity index is 1.00. The number of thiazole rings is 1. The number of benzene rings is 1. The number of nitrogens with one attached hydrogen (secondary N) is 2. The molecule has 3 saturated carbocycles. The van der Waals surface area contributed by atoms with Gasteiger partial charge in [0.1, 0.15) is 17.1 Å². The number of cyclic esters (lactones) is 1. The fourth-order valence-corrected chi connectivity index (χ4v) is 14.7. The van der Waals surface area contributed by atoms with Crippen LogP contribution < -0.4 is 10.7 Å². The number of ether oxygens (including phenoxy) is 4. The summed E-state index contributed by atoms with van der Waals surface area (Å²) >= 11 is 1.57. The van der Waals surface area contributed by atoms with Crippen LogP contribution in [0.5, 0.6) is 0 Å². The molecule has 4 aromatic rings. The zero-order valence-corrected chi connectivity index (χ0v) is 46.1. The molecule has 7 atom stereocenters. The van der Waals surface area contributed by atoms with E-state index in [0.29, 0.717) is 58.1 Å². The van der Waals surface area contributed by atoms with Gasteiger partial charge in [-0.25, -0.2) is 10.4 Å². The first-order valence-corrected chi connectivity index (χ1v) is 29.5. The molecule has 2 N–H and O–H groups in total. The smallest absolute Gasteiger partial charge is 0.324 e. The van der Waals surface area contributed by atoms with Gasteiger partial charge in [0.15, 0.2) is 0 Å². The summed E-state index contributed by atoms with van der Waals surface area (Å²) < 4.78 is 27.4. The summed E-state index contributed by atoms with van der Waals surface area (Å²) in [5.41, 5.74) is 11.4. The van der Waals surface area contributed by atoms with Crippen LogP contribution in [-0.4, -0.2) is 138 Å². The van der Waals surface area contributed by atoms with Gasteiger partial charge in [-0.15, -0.1) is 11.3 Å². The van der Waals surface area contributed by atoms with Crippen LogP contribution in [0, 0.1) is 28.6 Å². The number of rotatable bonds is 12. The molecule has 3 aliphatic carbocycles. The largest absolute Gasteiger partial charge is 0.464 e. The van der Waals surface area contributed by atoms with Gasteiger partial charge in [0, 0.05) is 97.5 Å². The molecule has 12 rings (SSSR count). The second-order valence-electron chi connectivity index (χ2n) is 24.8. The summed E-state index contributed by atoms with van der Waals surface area (Å²) in [5, 5.41) is 8.97. The maximum absolute atomic E-state index is 15.2. The third-order valence-electron chi connectivity index (χ3n) is 19.0. The average molecular weight is 1050 g/mol. The van der Waals surface area contributed by atoms with E-state index in [4.69, 9.17) is 28.9 Å². The highest BCUT2D eigenvalue weighted by atomic mass is 32.1. The molecule has 16 heteroatoms. The van der Waals surface area contributed by atoms with Crippen molar-refractivity contribution < 1.29 is 33.3 Å². The number of amides is 2. The zero-order chi connectivity index (χ0) is 51.8. The van der Waals surface area contributed by atoms with E-state index < -0.39 is 23.5 Å². The molecular formula is C59H80N8O7S. The minimum atomic E-state index is -0.915. The third kappa shape index (κ3) is 10.2. The molecule has 75 heavy (non-hydrogen) atoms. The number of hydrazine groups is 1. The lowest BCUT2D eigenvalue weighted by Crippen LogP contribution is -2.67. The first-order valence-electron chi connectivity index (χ1n) is 28.6. The summed E-state index contributed by atoms with van der Waals surface area (Å²) in [6, 6.07) is 7.80. The summed E-state index contributed by atoms with van der Waals surface area (Å²) in [6.45, 7) is 17.7. The maximum atomic E-state index is 15.2. The highest BCUT2D eigenvalue weighted by Gasteiger charge is 2.55. The summed E-state index contributed by atoms with van der Waals surface area (Å²) in [7, 11) is 1.76. The van der Waals surface area contributed by atoms with Crippen LogP contribution in [0.25, 0.3) is 33.4 Å². The molecule has 1 spiro atoms. The van der Waals surface area contributed by atoms with Crippen LogP contribution in [0.3, 0.4) is 0 Å². The molecule has 4 saturated heterocycles. The molecule has 3 aromatic heterocycles. The van der Waals surface area contributed by atoms with Crippen molar-refractivity contribution in [3.05, 3.63) is 57.7 Å². The Morgan fingerprint density at radius 2 is 1.75 bits per heavy atom. The molecule has 8 heterocycles. The predicted molar refractivity (Wildman–Crippen MR) is 289 cm³/mol. The number of fused-ring (bicyclic) bond motifs is 6. The fourth-order valence-electron chi connectivity index (χ4n) is 13.7. The van der Waals surface area contributed by atoms with Crippen LogP contribution in [-0.2, 0) is 46.3 Å². The van der Waals surface area contributed by atoms with Crippen molar-refractivity contribution >= 4 is 40.0 Å². The number of pyridine rings is 1. The number of hydrogen-bond donors (Lipinski definition) is 2. The Kier molecular flexibility index (Phi) is 14.3. The number of piperidine rings is 1. The minimum absolute atomic E-state index is 0.0921. The monoisotopic (exact) mass is 1040 g/mol. The van der Waals surface area contributed by atoms with Gasteiger partial charge in [0.25, 0.3) is 5.91 Å². The molecule has 404 valence electrons. The maximum Gasteiger partial charge on any atom is 0.324 e. The average Bonchev–Trinajstić information content (AvgIpc) is 4.29. The molecule has 8 aliphatic rings. The lowest BCUT2D eigenvalue weighted by atomic mass is 9.63. The molecule has 6 bridgehead atoms. The van der Waals surface area contributed by atoms with Crippen molar-refractivity contribution in [1.82, 2.24) is 40.1 Å². The Morgan fingerprint density at radius 1 is 0.973 bits per heavy atom. The Morgan fingerprint density at radius 3 is 2.45 bits per heavy atom. The van der Waals surface area contributed by atoms with Crippen molar-refractivity contribution in [3.8, 4) is 22.5 Å². The van der Waals surface area contributed by atoms with E-state index in [2.05, 4.69) is 95.6 Å². The summed E-state index contributed by atoms with van der Waals surface area (Å²) in [6.07, 6.45) is 13.9. The van der Waals surface area contributed by atoms with Gasteiger partial charge in [-0.2, -0.15) is 0 Å².